The molecule has 0 radical (unpaired) electrons. The van der Waals surface area contributed by atoms with Gasteiger partial charge in [0.15, 0.2) is 11.5 Å². The van der Waals surface area contributed by atoms with Crippen LogP contribution in [0, 0.1) is 6.92 Å². The molecule has 4 nitrogen and oxygen atoms in total. The molecule has 0 aliphatic carbocycles. The van der Waals surface area contributed by atoms with Gasteiger partial charge in [0, 0.05) is 13.7 Å². The molecule has 1 aromatic carbocycles. The van der Waals surface area contributed by atoms with Crippen LogP contribution in [0.2, 0.25) is 0 Å². The summed E-state index contributed by atoms with van der Waals surface area (Å²) in [6.07, 6.45) is 0. The van der Waals surface area contributed by atoms with Gasteiger partial charge in [-0.05, 0) is 30.2 Å². The van der Waals surface area contributed by atoms with Crippen molar-refractivity contribution in [1.82, 2.24) is 5.32 Å². The summed E-state index contributed by atoms with van der Waals surface area (Å²) in [4.78, 5) is 0. The fraction of sp³-hybridized carbons (Fsp3) is 0.500. The van der Waals surface area contributed by atoms with E-state index in [-0.39, 0.29) is 0 Å². The van der Waals surface area contributed by atoms with Gasteiger partial charge in [-0.3, -0.25) is 5.32 Å². The monoisotopic (exact) mass is 223 g/mol. The van der Waals surface area contributed by atoms with Gasteiger partial charge in [0.1, 0.15) is 13.2 Å². The Morgan fingerprint density at radius 1 is 1.25 bits per heavy atom. The Bertz CT molecular complexity index is 366. The number of fused-ring (bicyclic) bond motifs is 1. The molecule has 0 unspecified atom stereocenters. The maximum Gasteiger partial charge on any atom is 0.161 e. The molecule has 1 heterocycles. The van der Waals surface area contributed by atoms with Crippen molar-refractivity contribution >= 4 is 0 Å². The van der Waals surface area contributed by atoms with Gasteiger partial charge in [-0.25, -0.2) is 0 Å². The van der Waals surface area contributed by atoms with Crippen LogP contribution in [0.25, 0.3) is 0 Å². The molecule has 0 aromatic heterocycles. The van der Waals surface area contributed by atoms with Crippen LogP contribution in [0.1, 0.15) is 11.1 Å². The van der Waals surface area contributed by atoms with E-state index in [0.717, 1.165) is 18.0 Å². The van der Waals surface area contributed by atoms with Crippen LogP contribution in [-0.4, -0.2) is 27.1 Å². The highest BCUT2D eigenvalue weighted by atomic mass is 16.6. The van der Waals surface area contributed by atoms with E-state index in [1.807, 2.05) is 12.1 Å². The second-order valence-electron chi connectivity index (χ2n) is 3.78. The molecule has 2 rings (SSSR count). The lowest BCUT2D eigenvalue weighted by atomic mass is 10.1. The van der Waals surface area contributed by atoms with Crippen LogP contribution in [0.15, 0.2) is 12.1 Å². The summed E-state index contributed by atoms with van der Waals surface area (Å²) in [7, 11) is 1.67. The molecule has 0 bridgehead atoms. The van der Waals surface area contributed by atoms with E-state index in [1.54, 1.807) is 7.11 Å². The zero-order valence-electron chi connectivity index (χ0n) is 9.71. The normalized spacial score (nSPS) is 13.9. The van der Waals surface area contributed by atoms with Crippen LogP contribution >= 0.6 is 0 Å². The highest BCUT2D eigenvalue weighted by molar-refractivity contribution is 5.47. The lowest BCUT2D eigenvalue weighted by molar-refractivity contribution is 0.169. The number of aryl methyl sites for hydroxylation is 1. The second-order valence-corrected chi connectivity index (χ2v) is 3.78. The molecule has 1 aromatic rings. The third-order valence-electron chi connectivity index (χ3n) is 2.56. The van der Waals surface area contributed by atoms with Crippen molar-refractivity contribution in [1.29, 1.82) is 0 Å². The Kier molecular flexibility index (Phi) is 3.64. The average Bonchev–Trinajstić information content (AvgIpc) is 2.30. The molecule has 1 N–H and O–H groups in total. The Morgan fingerprint density at radius 3 is 2.62 bits per heavy atom. The minimum absolute atomic E-state index is 0.549. The number of rotatable bonds is 4. The molecule has 4 heteroatoms. The van der Waals surface area contributed by atoms with E-state index in [1.165, 1.54) is 11.1 Å². The van der Waals surface area contributed by atoms with Gasteiger partial charge in [-0.2, -0.15) is 0 Å². The molecule has 1 aliphatic rings. The van der Waals surface area contributed by atoms with E-state index in [9.17, 15) is 0 Å². The van der Waals surface area contributed by atoms with Gasteiger partial charge < -0.3 is 14.2 Å². The topological polar surface area (TPSA) is 39.7 Å². The highest BCUT2D eigenvalue weighted by Gasteiger charge is 2.13. The average molecular weight is 223 g/mol. The van der Waals surface area contributed by atoms with Gasteiger partial charge in [0.05, 0.1) is 6.73 Å². The zero-order valence-corrected chi connectivity index (χ0v) is 9.71. The summed E-state index contributed by atoms with van der Waals surface area (Å²) >= 11 is 0. The number of nitrogens with one attached hydrogen (secondary N) is 1. The number of methoxy groups -OCH3 is 1. The SMILES string of the molecule is COCNCc1cc2c(cc1C)OCCO2. The van der Waals surface area contributed by atoms with E-state index in [0.29, 0.717) is 19.9 Å². The molecule has 16 heavy (non-hydrogen) atoms. The first-order chi connectivity index (χ1) is 7.81. The van der Waals surface area contributed by atoms with Crippen molar-refractivity contribution in [2.45, 2.75) is 13.5 Å². The summed E-state index contributed by atoms with van der Waals surface area (Å²) in [5.74, 6) is 1.69. The predicted molar refractivity (Wildman–Crippen MR) is 60.9 cm³/mol. The molecular formula is C12H17NO3. The van der Waals surface area contributed by atoms with E-state index >= 15 is 0 Å². The van der Waals surface area contributed by atoms with Gasteiger partial charge in [0.2, 0.25) is 0 Å². The van der Waals surface area contributed by atoms with Crippen LogP contribution < -0.4 is 14.8 Å². The summed E-state index contributed by atoms with van der Waals surface area (Å²) in [6.45, 7) is 4.65. The Hall–Kier alpha value is -1.26. The third-order valence-corrected chi connectivity index (χ3v) is 2.56. The number of ether oxygens (including phenoxy) is 3. The van der Waals surface area contributed by atoms with Gasteiger partial charge in [0.25, 0.3) is 0 Å². The number of hydrogen-bond acceptors (Lipinski definition) is 4. The van der Waals surface area contributed by atoms with Crippen LogP contribution in [0.5, 0.6) is 11.5 Å². The predicted octanol–water partition coefficient (Wildman–Crippen LogP) is 1.46. The minimum atomic E-state index is 0.549. The maximum absolute atomic E-state index is 5.54. The number of hydrogen-bond donors (Lipinski definition) is 1. The molecule has 0 spiro atoms. The summed E-state index contributed by atoms with van der Waals surface area (Å²) in [6, 6.07) is 4.06. The van der Waals surface area contributed by atoms with Crippen LogP contribution in [0.3, 0.4) is 0 Å². The van der Waals surface area contributed by atoms with E-state index in [4.69, 9.17) is 14.2 Å². The smallest absolute Gasteiger partial charge is 0.161 e. The van der Waals surface area contributed by atoms with Gasteiger partial charge in [-0.15, -0.1) is 0 Å². The first-order valence-electron chi connectivity index (χ1n) is 5.40. The van der Waals surface area contributed by atoms with Gasteiger partial charge >= 0.3 is 0 Å². The summed E-state index contributed by atoms with van der Waals surface area (Å²) in [5, 5.41) is 3.18. The van der Waals surface area contributed by atoms with Crippen molar-refractivity contribution in [2.75, 3.05) is 27.1 Å². The standard InChI is InChI=1S/C12H17NO3/c1-9-5-11-12(16-4-3-15-11)6-10(9)7-13-8-14-2/h5-6,13H,3-4,7-8H2,1-2H3. The molecule has 0 amide bonds. The Morgan fingerprint density at radius 2 is 1.94 bits per heavy atom. The van der Waals surface area contributed by atoms with E-state index in [2.05, 4.69) is 12.2 Å². The molecular weight excluding hydrogens is 206 g/mol. The molecule has 0 fully saturated rings. The molecule has 0 saturated carbocycles. The molecule has 0 atom stereocenters. The first-order valence-corrected chi connectivity index (χ1v) is 5.40. The zero-order chi connectivity index (χ0) is 11.4. The lowest BCUT2D eigenvalue weighted by Gasteiger charge is -2.20. The Labute approximate surface area is 95.5 Å². The highest BCUT2D eigenvalue weighted by Crippen LogP contribution is 2.32. The number of benzene rings is 1. The largest absolute Gasteiger partial charge is 0.486 e. The summed E-state index contributed by atoms with van der Waals surface area (Å²) in [5.41, 5.74) is 2.41. The fourth-order valence-corrected chi connectivity index (χ4v) is 1.71. The van der Waals surface area contributed by atoms with Crippen molar-refractivity contribution in [3.8, 4) is 11.5 Å². The first kappa shape index (κ1) is 11.2. The van der Waals surface area contributed by atoms with Crippen LogP contribution in [0.4, 0.5) is 0 Å². The summed E-state index contributed by atoms with van der Waals surface area (Å²) < 4.78 is 16.0. The molecule has 88 valence electrons. The van der Waals surface area contributed by atoms with Crippen LogP contribution in [-0.2, 0) is 11.3 Å². The van der Waals surface area contributed by atoms with Crippen molar-refractivity contribution in [3.63, 3.8) is 0 Å². The maximum atomic E-state index is 5.54. The molecule has 0 saturated heterocycles. The van der Waals surface area contributed by atoms with Crippen molar-refractivity contribution in [2.24, 2.45) is 0 Å². The van der Waals surface area contributed by atoms with Crippen molar-refractivity contribution in [3.05, 3.63) is 23.3 Å². The fourth-order valence-electron chi connectivity index (χ4n) is 1.71. The lowest BCUT2D eigenvalue weighted by Crippen LogP contribution is -2.18. The minimum Gasteiger partial charge on any atom is -0.486 e. The quantitative estimate of drug-likeness (QED) is 0.619. The third kappa shape index (κ3) is 2.46. The van der Waals surface area contributed by atoms with E-state index < -0.39 is 0 Å². The van der Waals surface area contributed by atoms with Crippen molar-refractivity contribution < 1.29 is 14.2 Å². The Balaban J connectivity index is 2.12. The van der Waals surface area contributed by atoms with Gasteiger partial charge in [-0.1, -0.05) is 0 Å². The molecule has 1 aliphatic heterocycles. The second kappa shape index (κ2) is 5.18.